The number of benzene rings is 1. The second kappa shape index (κ2) is 6.18. The molecule has 1 saturated carbocycles. The predicted octanol–water partition coefficient (Wildman–Crippen LogP) is 4.47. The van der Waals surface area contributed by atoms with Gasteiger partial charge < -0.3 is 14.0 Å². The minimum absolute atomic E-state index is 0.00202. The standard InChI is InChI=1S/C25H19F2N2O4/c1-2-12-13-6-18-23-16(10-29(18)24(31)14(13)7-19(12)30)22(11-4-3-5-11)15-8-20-21(9-17(15)28-23)33-25(26,27)32-20/h6,8-9,11H,2-5,7,10H2,1H3. The molecule has 0 bridgehead atoms. The summed E-state index contributed by atoms with van der Waals surface area (Å²) in [5.74, 6) is 0.925. The van der Waals surface area contributed by atoms with Gasteiger partial charge in [0, 0.05) is 29.0 Å². The van der Waals surface area contributed by atoms with Crippen LogP contribution in [-0.2, 0) is 17.8 Å². The van der Waals surface area contributed by atoms with Crippen LogP contribution in [0.15, 0.2) is 23.0 Å². The second-order valence-electron chi connectivity index (χ2n) is 9.21. The number of halogens is 2. The minimum atomic E-state index is -3.70. The Morgan fingerprint density at radius 2 is 1.88 bits per heavy atom. The lowest BCUT2D eigenvalue weighted by Gasteiger charge is -2.29. The third kappa shape index (κ3) is 2.49. The molecule has 0 amide bonds. The molecule has 1 radical (unpaired) electrons. The zero-order chi connectivity index (χ0) is 22.6. The molecule has 0 N–H and O–H groups in total. The number of fused-ring (bicyclic) bond motifs is 6. The molecule has 4 aliphatic rings. The van der Waals surface area contributed by atoms with Gasteiger partial charge in [0.2, 0.25) is 0 Å². The van der Waals surface area contributed by atoms with Crippen LogP contribution in [0.25, 0.3) is 22.3 Å². The Labute approximate surface area is 187 Å². The van der Waals surface area contributed by atoms with E-state index in [-0.39, 0.29) is 35.2 Å². The Balaban J connectivity index is 1.49. The van der Waals surface area contributed by atoms with Crippen molar-refractivity contribution >= 4 is 16.7 Å². The van der Waals surface area contributed by atoms with Crippen LogP contribution in [0, 0.1) is 5.92 Å². The van der Waals surface area contributed by atoms with Crippen molar-refractivity contribution in [2.24, 2.45) is 0 Å². The molecule has 6 nitrogen and oxygen atoms in total. The molecule has 0 unspecified atom stereocenters. The highest BCUT2D eigenvalue weighted by Crippen LogP contribution is 2.50. The number of carbonyl (C=O) groups excluding carboxylic acids is 1. The zero-order valence-corrected chi connectivity index (χ0v) is 17.8. The zero-order valence-electron chi connectivity index (χ0n) is 17.8. The first kappa shape index (κ1) is 19.2. The maximum absolute atomic E-state index is 13.7. The number of aromatic nitrogens is 2. The van der Waals surface area contributed by atoms with E-state index in [0.29, 0.717) is 41.4 Å². The normalized spacial score (nSPS) is 20.2. The molecule has 2 aliphatic heterocycles. The summed E-state index contributed by atoms with van der Waals surface area (Å²) in [6.07, 6.45) is 0.120. The second-order valence-corrected chi connectivity index (χ2v) is 9.21. The summed E-state index contributed by atoms with van der Waals surface area (Å²) in [7, 11) is 0. The van der Waals surface area contributed by atoms with Crippen molar-refractivity contribution in [3.05, 3.63) is 56.7 Å². The fourth-order valence-corrected chi connectivity index (χ4v) is 5.75. The SMILES string of the molecule is CC[C]1C(=O)Cc2c1cc1n(c2=O)Cc2c-1nc1cc3c(cc1c2C1CCC1)OC(F)(F)O3. The molecule has 33 heavy (non-hydrogen) atoms. The van der Waals surface area contributed by atoms with Gasteiger partial charge in [-0.25, -0.2) is 4.98 Å². The van der Waals surface area contributed by atoms with E-state index in [1.807, 2.05) is 13.0 Å². The average Bonchev–Trinajstić information content (AvgIpc) is 3.34. The molecule has 1 aromatic carbocycles. The first-order valence-electron chi connectivity index (χ1n) is 11.3. The minimum Gasteiger partial charge on any atom is -0.395 e. The number of hydrogen-bond donors (Lipinski definition) is 0. The third-order valence-electron chi connectivity index (χ3n) is 7.48. The summed E-state index contributed by atoms with van der Waals surface area (Å²) in [6.45, 7) is 2.28. The Hall–Kier alpha value is -3.29. The van der Waals surface area contributed by atoms with Gasteiger partial charge in [-0.05, 0) is 48.4 Å². The number of Topliss-reactive ketones (excluding diaryl/α,β-unsaturated/α-hetero) is 1. The number of ketones is 1. The van der Waals surface area contributed by atoms with Crippen molar-refractivity contribution in [2.75, 3.05) is 0 Å². The van der Waals surface area contributed by atoms with Crippen molar-refractivity contribution in [1.82, 2.24) is 9.55 Å². The first-order valence-corrected chi connectivity index (χ1v) is 11.3. The lowest BCUT2D eigenvalue weighted by molar-refractivity contribution is -0.286. The van der Waals surface area contributed by atoms with E-state index in [1.54, 1.807) is 10.6 Å². The number of nitrogens with zero attached hydrogens (tertiary/aromatic N) is 2. The van der Waals surface area contributed by atoms with Gasteiger partial charge in [0.1, 0.15) is 5.78 Å². The monoisotopic (exact) mass is 449 g/mol. The van der Waals surface area contributed by atoms with Crippen LogP contribution in [0.3, 0.4) is 0 Å². The first-order chi connectivity index (χ1) is 15.8. The Bertz CT molecular complexity index is 1470. The summed E-state index contributed by atoms with van der Waals surface area (Å²) in [4.78, 5) is 30.6. The molecule has 0 atom stereocenters. The van der Waals surface area contributed by atoms with Gasteiger partial charge in [-0.1, -0.05) is 13.3 Å². The van der Waals surface area contributed by atoms with Gasteiger partial charge in [0.25, 0.3) is 5.56 Å². The highest BCUT2D eigenvalue weighted by atomic mass is 19.3. The molecule has 0 saturated heterocycles. The number of rotatable bonds is 2. The van der Waals surface area contributed by atoms with Crippen molar-refractivity contribution in [3.8, 4) is 22.9 Å². The van der Waals surface area contributed by atoms with Crippen molar-refractivity contribution in [1.29, 1.82) is 0 Å². The van der Waals surface area contributed by atoms with Crippen molar-refractivity contribution < 1.29 is 23.0 Å². The number of carbonyl (C=O) groups is 1. The van der Waals surface area contributed by atoms with E-state index in [1.165, 1.54) is 6.07 Å². The van der Waals surface area contributed by atoms with E-state index in [9.17, 15) is 18.4 Å². The van der Waals surface area contributed by atoms with Gasteiger partial charge >= 0.3 is 6.29 Å². The average molecular weight is 449 g/mol. The van der Waals surface area contributed by atoms with Crippen LogP contribution in [0.5, 0.6) is 11.5 Å². The van der Waals surface area contributed by atoms with E-state index in [2.05, 4.69) is 4.74 Å². The third-order valence-corrected chi connectivity index (χ3v) is 7.48. The van der Waals surface area contributed by atoms with Crippen molar-refractivity contribution in [3.63, 3.8) is 0 Å². The van der Waals surface area contributed by atoms with E-state index < -0.39 is 6.29 Å². The van der Waals surface area contributed by atoms with Crippen LogP contribution in [0.2, 0.25) is 0 Å². The van der Waals surface area contributed by atoms with Gasteiger partial charge in [-0.2, -0.15) is 0 Å². The van der Waals surface area contributed by atoms with Crippen LogP contribution in [-0.4, -0.2) is 21.6 Å². The Kier molecular flexibility index (Phi) is 3.60. The number of ether oxygens (including phenoxy) is 2. The fourth-order valence-electron chi connectivity index (χ4n) is 5.75. The van der Waals surface area contributed by atoms with E-state index in [0.717, 1.165) is 41.3 Å². The molecule has 8 heteroatoms. The van der Waals surface area contributed by atoms with Crippen molar-refractivity contribution in [2.45, 2.75) is 57.8 Å². The molecule has 167 valence electrons. The van der Waals surface area contributed by atoms with Crippen LogP contribution in [0.1, 0.15) is 60.8 Å². The predicted molar refractivity (Wildman–Crippen MR) is 115 cm³/mol. The molecular weight excluding hydrogens is 430 g/mol. The van der Waals surface area contributed by atoms with E-state index in [4.69, 9.17) is 9.72 Å². The molecule has 4 heterocycles. The summed E-state index contributed by atoms with van der Waals surface area (Å²) >= 11 is 0. The lowest BCUT2D eigenvalue weighted by Crippen LogP contribution is -2.25. The van der Waals surface area contributed by atoms with Gasteiger partial charge in [0.15, 0.2) is 11.5 Å². The Morgan fingerprint density at radius 1 is 1.12 bits per heavy atom. The summed E-state index contributed by atoms with van der Waals surface area (Å²) in [6, 6.07) is 5.01. The fraction of sp³-hybridized carbons (Fsp3) is 0.360. The quantitative estimate of drug-likeness (QED) is 0.452. The number of hydrogen-bond acceptors (Lipinski definition) is 5. The molecule has 0 spiro atoms. The van der Waals surface area contributed by atoms with Crippen LogP contribution < -0.4 is 15.0 Å². The largest absolute Gasteiger partial charge is 0.586 e. The molecule has 7 rings (SSSR count). The van der Waals surface area contributed by atoms with Crippen LogP contribution in [0.4, 0.5) is 8.78 Å². The molecule has 3 aromatic rings. The lowest BCUT2D eigenvalue weighted by atomic mass is 9.76. The number of pyridine rings is 2. The maximum Gasteiger partial charge on any atom is 0.586 e. The summed E-state index contributed by atoms with van der Waals surface area (Å²) in [5.41, 5.74) is 5.06. The maximum atomic E-state index is 13.7. The topological polar surface area (TPSA) is 70.4 Å². The Morgan fingerprint density at radius 3 is 2.58 bits per heavy atom. The molecular formula is C25H19F2N2O4. The molecule has 2 aliphatic carbocycles. The van der Waals surface area contributed by atoms with Crippen LogP contribution >= 0.6 is 0 Å². The molecule has 1 fully saturated rings. The summed E-state index contributed by atoms with van der Waals surface area (Å²) < 4.78 is 38.5. The van der Waals surface area contributed by atoms with Gasteiger partial charge in [0.05, 0.1) is 29.4 Å². The highest BCUT2D eigenvalue weighted by molar-refractivity contribution is 6.02. The summed E-state index contributed by atoms with van der Waals surface area (Å²) in [5, 5.41) is 0.767. The smallest absolute Gasteiger partial charge is 0.395 e. The van der Waals surface area contributed by atoms with Gasteiger partial charge in [-0.15, -0.1) is 8.78 Å². The van der Waals surface area contributed by atoms with Gasteiger partial charge in [-0.3, -0.25) is 9.59 Å². The molecule has 2 aromatic heterocycles. The van der Waals surface area contributed by atoms with E-state index >= 15 is 0 Å². The highest BCUT2D eigenvalue weighted by Gasteiger charge is 2.44. The number of alkyl halides is 2.